The topological polar surface area (TPSA) is 64.1 Å². The predicted molar refractivity (Wildman–Crippen MR) is 72.6 cm³/mol. The summed E-state index contributed by atoms with van der Waals surface area (Å²) >= 11 is 0. The largest absolute Gasteiger partial charge is 0.467 e. The highest BCUT2D eigenvalue weighted by Crippen LogP contribution is 2.12. The molecule has 1 aromatic carbocycles. The van der Waals surface area contributed by atoms with Gasteiger partial charge in [-0.15, -0.1) is 0 Å². The lowest BCUT2D eigenvalue weighted by Gasteiger charge is -2.02. The Morgan fingerprint density at radius 2 is 2.00 bits per heavy atom. The highest BCUT2D eigenvalue weighted by Gasteiger charge is 2.03. The van der Waals surface area contributed by atoms with Gasteiger partial charge in [-0.25, -0.2) is 18.7 Å². The molecule has 0 fully saturated rings. The number of ether oxygens (including phenoxy) is 1. The van der Waals surface area contributed by atoms with Crippen molar-refractivity contribution in [1.82, 2.24) is 9.97 Å². The Morgan fingerprint density at radius 1 is 1.29 bits per heavy atom. The summed E-state index contributed by atoms with van der Waals surface area (Å²) in [7, 11) is 1.42. The lowest BCUT2D eigenvalue weighted by Crippen LogP contribution is -2.08. The van der Waals surface area contributed by atoms with Crippen LogP contribution in [0.3, 0.4) is 0 Å². The number of hydrogen-bond acceptors (Lipinski definition) is 4. The number of aromatic nitrogens is 2. The molecule has 0 atom stereocenters. The van der Waals surface area contributed by atoms with Crippen LogP contribution in [0.25, 0.3) is 6.08 Å². The maximum Gasteiger partial charge on any atom is 0.316 e. The van der Waals surface area contributed by atoms with Gasteiger partial charge >= 0.3 is 6.01 Å². The van der Waals surface area contributed by atoms with Gasteiger partial charge in [0.25, 0.3) is 0 Å². The molecule has 7 heteroatoms. The highest BCUT2D eigenvalue weighted by molar-refractivity contribution is 6.01. The summed E-state index contributed by atoms with van der Waals surface area (Å²) in [6.07, 6.45) is 4.99. The maximum atomic E-state index is 13.3. The Kier molecular flexibility index (Phi) is 4.55. The lowest BCUT2D eigenvalue weighted by atomic mass is 10.2. The summed E-state index contributed by atoms with van der Waals surface area (Å²) in [5.41, 5.74) is 0.335. The minimum absolute atomic E-state index is 0.0175. The van der Waals surface area contributed by atoms with E-state index in [9.17, 15) is 13.6 Å². The van der Waals surface area contributed by atoms with Crippen molar-refractivity contribution >= 4 is 17.7 Å². The Hall–Kier alpha value is -2.83. The van der Waals surface area contributed by atoms with Gasteiger partial charge in [-0.2, -0.15) is 0 Å². The van der Waals surface area contributed by atoms with Crippen molar-refractivity contribution in [3.63, 3.8) is 0 Å². The van der Waals surface area contributed by atoms with Crippen LogP contribution in [0.15, 0.2) is 36.7 Å². The predicted octanol–water partition coefficient (Wildman–Crippen LogP) is 2.42. The van der Waals surface area contributed by atoms with Crippen molar-refractivity contribution in [1.29, 1.82) is 0 Å². The first-order chi connectivity index (χ1) is 10.1. The van der Waals surface area contributed by atoms with Crippen LogP contribution in [-0.2, 0) is 4.79 Å². The third-order valence-corrected chi connectivity index (χ3v) is 2.45. The van der Waals surface area contributed by atoms with Crippen molar-refractivity contribution < 1.29 is 18.3 Å². The molecule has 1 N–H and O–H groups in total. The summed E-state index contributed by atoms with van der Waals surface area (Å²) in [6, 6.07) is 3.16. The number of nitrogens with one attached hydrogen (secondary N) is 1. The SMILES string of the molecule is COc1ncc(NC(=O)/C=C/c2cc(F)ccc2F)cn1. The van der Waals surface area contributed by atoms with Gasteiger partial charge in [-0.1, -0.05) is 0 Å². The van der Waals surface area contributed by atoms with E-state index in [0.717, 1.165) is 24.3 Å². The van der Waals surface area contributed by atoms with E-state index in [-0.39, 0.29) is 11.6 Å². The zero-order valence-corrected chi connectivity index (χ0v) is 11.0. The zero-order valence-electron chi connectivity index (χ0n) is 11.0. The third-order valence-electron chi connectivity index (χ3n) is 2.45. The second-order valence-corrected chi connectivity index (χ2v) is 3.95. The first-order valence-corrected chi connectivity index (χ1v) is 5.88. The van der Waals surface area contributed by atoms with Gasteiger partial charge in [-0.3, -0.25) is 4.79 Å². The second-order valence-electron chi connectivity index (χ2n) is 3.95. The van der Waals surface area contributed by atoms with Crippen molar-refractivity contribution in [3.05, 3.63) is 53.9 Å². The van der Waals surface area contributed by atoms with Gasteiger partial charge < -0.3 is 10.1 Å². The number of halogens is 2. The van der Waals surface area contributed by atoms with Crippen molar-refractivity contribution in [2.45, 2.75) is 0 Å². The van der Waals surface area contributed by atoms with Crippen LogP contribution in [0.2, 0.25) is 0 Å². The molecule has 2 rings (SSSR count). The van der Waals surface area contributed by atoms with Crippen LogP contribution >= 0.6 is 0 Å². The molecule has 0 saturated heterocycles. The Morgan fingerprint density at radius 3 is 2.67 bits per heavy atom. The summed E-state index contributed by atoms with van der Waals surface area (Å²) < 4.78 is 31.1. The molecule has 0 aliphatic carbocycles. The van der Waals surface area contributed by atoms with E-state index >= 15 is 0 Å². The molecule has 1 heterocycles. The molecule has 1 amide bonds. The lowest BCUT2D eigenvalue weighted by molar-refractivity contribution is -0.111. The number of carbonyl (C=O) groups excluding carboxylic acids is 1. The molecule has 0 unspecified atom stereocenters. The van der Waals surface area contributed by atoms with Gasteiger partial charge in [0.1, 0.15) is 11.6 Å². The molecule has 0 radical (unpaired) electrons. The molecular formula is C14H11F2N3O2. The number of anilines is 1. The molecule has 0 aliphatic heterocycles. The fourth-order valence-corrected chi connectivity index (χ4v) is 1.48. The molecule has 1 aromatic heterocycles. The van der Waals surface area contributed by atoms with Crippen molar-refractivity contribution in [2.75, 3.05) is 12.4 Å². The van der Waals surface area contributed by atoms with Crippen LogP contribution in [0, 0.1) is 11.6 Å². The number of benzene rings is 1. The summed E-state index contributed by atoms with van der Waals surface area (Å²) in [6.45, 7) is 0. The molecule has 0 aliphatic rings. The number of methoxy groups -OCH3 is 1. The summed E-state index contributed by atoms with van der Waals surface area (Å²) in [5.74, 6) is -1.72. The van der Waals surface area contributed by atoms with E-state index < -0.39 is 17.5 Å². The fourth-order valence-electron chi connectivity index (χ4n) is 1.48. The van der Waals surface area contributed by atoms with Gasteiger partial charge in [0, 0.05) is 11.6 Å². The van der Waals surface area contributed by atoms with Crippen LogP contribution in [0.4, 0.5) is 14.5 Å². The molecule has 21 heavy (non-hydrogen) atoms. The quantitative estimate of drug-likeness (QED) is 0.879. The summed E-state index contributed by atoms with van der Waals surface area (Å²) in [5, 5.41) is 2.48. The first-order valence-electron chi connectivity index (χ1n) is 5.88. The average Bonchev–Trinajstić information content (AvgIpc) is 2.49. The summed E-state index contributed by atoms with van der Waals surface area (Å²) in [4.78, 5) is 19.3. The van der Waals surface area contributed by atoms with Crippen molar-refractivity contribution in [3.8, 4) is 6.01 Å². The Labute approximate surface area is 119 Å². The van der Waals surface area contributed by atoms with Crippen LogP contribution in [-0.4, -0.2) is 23.0 Å². The highest BCUT2D eigenvalue weighted by atomic mass is 19.1. The molecule has 108 valence electrons. The van der Waals surface area contributed by atoms with E-state index in [1.807, 2.05) is 0 Å². The number of amides is 1. The number of carbonyl (C=O) groups is 1. The van der Waals surface area contributed by atoms with Crippen LogP contribution in [0.5, 0.6) is 6.01 Å². The molecule has 5 nitrogen and oxygen atoms in total. The number of hydrogen-bond donors (Lipinski definition) is 1. The Balaban J connectivity index is 2.03. The van der Waals surface area contributed by atoms with Crippen molar-refractivity contribution in [2.24, 2.45) is 0 Å². The van der Waals surface area contributed by atoms with E-state index in [2.05, 4.69) is 15.3 Å². The minimum Gasteiger partial charge on any atom is -0.467 e. The van der Waals surface area contributed by atoms with E-state index in [1.165, 1.54) is 25.6 Å². The Bertz CT molecular complexity index is 672. The fraction of sp³-hybridized carbons (Fsp3) is 0.0714. The smallest absolute Gasteiger partial charge is 0.316 e. The monoisotopic (exact) mass is 291 g/mol. The first kappa shape index (κ1) is 14.6. The molecular weight excluding hydrogens is 280 g/mol. The van der Waals surface area contributed by atoms with Gasteiger partial charge in [0.15, 0.2) is 0 Å². The zero-order chi connectivity index (χ0) is 15.2. The second kappa shape index (κ2) is 6.56. The molecule has 0 bridgehead atoms. The normalized spacial score (nSPS) is 10.6. The number of rotatable bonds is 4. The van der Waals surface area contributed by atoms with E-state index in [1.54, 1.807) is 0 Å². The number of nitrogens with zero attached hydrogens (tertiary/aromatic N) is 2. The van der Waals surface area contributed by atoms with Gasteiger partial charge in [0.2, 0.25) is 5.91 Å². The van der Waals surface area contributed by atoms with Gasteiger partial charge in [-0.05, 0) is 24.3 Å². The van der Waals surface area contributed by atoms with E-state index in [0.29, 0.717) is 5.69 Å². The third kappa shape index (κ3) is 4.07. The standard InChI is InChI=1S/C14H11F2N3O2/c1-21-14-17-7-11(8-18-14)19-13(20)5-2-9-6-10(15)3-4-12(9)16/h2-8H,1H3,(H,19,20)/b5-2+. The minimum atomic E-state index is -0.617. The molecule has 0 spiro atoms. The van der Waals surface area contributed by atoms with E-state index in [4.69, 9.17) is 4.74 Å². The van der Waals surface area contributed by atoms with Crippen LogP contribution < -0.4 is 10.1 Å². The molecule has 0 saturated carbocycles. The van der Waals surface area contributed by atoms with Crippen LogP contribution in [0.1, 0.15) is 5.56 Å². The maximum absolute atomic E-state index is 13.3. The molecule has 2 aromatic rings. The average molecular weight is 291 g/mol. The van der Waals surface area contributed by atoms with Gasteiger partial charge in [0.05, 0.1) is 25.2 Å².